The number of aliphatic hydroxyl groups excluding tert-OH is 1. The highest BCUT2D eigenvalue weighted by Gasteiger charge is 2.20. The van der Waals surface area contributed by atoms with Crippen LogP contribution in [0.15, 0.2) is 12.4 Å². The molecule has 1 fully saturated rings. The van der Waals surface area contributed by atoms with Crippen LogP contribution in [0.4, 0.5) is 5.82 Å². The Kier molecular flexibility index (Phi) is 3.50. The summed E-state index contributed by atoms with van der Waals surface area (Å²) in [6.45, 7) is 0.977. The van der Waals surface area contributed by atoms with Crippen LogP contribution < -0.4 is 5.32 Å². The molecule has 1 saturated carbocycles. The van der Waals surface area contributed by atoms with Gasteiger partial charge in [-0.05, 0) is 19.3 Å². The van der Waals surface area contributed by atoms with Gasteiger partial charge in [0.25, 0.3) is 0 Å². The molecule has 15 heavy (non-hydrogen) atoms. The summed E-state index contributed by atoms with van der Waals surface area (Å²) < 4.78 is 0. The van der Waals surface area contributed by atoms with Crippen molar-refractivity contribution < 1.29 is 5.11 Å². The Morgan fingerprint density at radius 1 is 1.40 bits per heavy atom. The average molecular weight is 207 g/mol. The van der Waals surface area contributed by atoms with E-state index < -0.39 is 0 Å². The van der Waals surface area contributed by atoms with Crippen molar-refractivity contribution in [2.24, 2.45) is 0 Å². The monoisotopic (exact) mass is 207 g/mol. The van der Waals surface area contributed by atoms with Crippen LogP contribution in [0.2, 0.25) is 0 Å². The van der Waals surface area contributed by atoms with Gasteiger partial charge in [-0.25, -0.2) is 9.97 Å². The highest BCUT2D eigenvalue weighted by molar-refractivity contribution is 5.36. The van der Waals surface area contributed by atoms with E-state index in [1.54, 1.807) is 6.33 Å². The predicted molar refractivity (Wildman–Crippen MR) is 58.8 cm³/mol. The highest BCUT2D eigenvalue weighted by atomic mass is 16.3. The van der Waals surface area contributed by atoms with Crippen molar-refractivity contribution >= 4 is 5.82 Å². The van der Waals surface area contributed by atoms with Gasteiger partial charge < -0.3 is 10.4 Å². The summed E-state index contributed by atoms with van der Waals surface area (Å²) in [5.41, 5.74) is 1.16. The van der Waals surface area contributed by atoms with Gasteiger partial charge >= 0.3 is 0 Å². The molecule has 2 N–H and O–H groups in total. The van der Waals surface area contributed by atoms with E-state index in [9.17, 15) is 0 Å². The Morgan fingerprint density at radius 2 is 2.27 bits per heavy atom. The summed E-state index contributed by atoms with van der Waals surface area (Å²) in [6.07, 6.45) is 6.21. The Hall–Kier alpha value is -1.16. The lowest BCUT2D eigenvalue weighted by molar-refractivity contribution is 0.292. The molecule has 0 radical (unpaired) electrons. The molecule has 0 aromatic carbocycles. The molecule has 4 heteroatoms. The largest absolute Gasteiger partial charge is 0.396 e. The second-order valence-corrected chi connectivity index (χ2v) is 3.96. The van der Waals surface area contributed by atoms with Gasteiger partial charge in [-0.1, -0.05) is 6.42 Å². The van der Waals surface area contributed by atoms with Crippen LogP contribution in [0.25, 0.3) is 0 Å². The van der Waals surface area contributed by atoms with Crippen molar-refractivity contribution in [3.63, 3.8) is 0 Å². The molecule has 0 atom stereocenters. The SMILES string of the molecule is OCCCNc1cc(C2CCC2)ncn1. The molecular formula is C11H17N3O. The van der Waals surface area contributed by atoms with E-state index in [1.165, 1.54) is 19.3 Å². The van der Waals surface area contributed by atoms with Crippen molar-refractivity contribution in [1.82, 2.24) is 9.97 Å². The number of aromatic nitrogens is 2. The molecular weight excluding hydrogens is 190 g/mol. The minimum absolute atomic E-state index is 0.216. The fourth-order valence-electron chi connectivity index (χ4n) is 1.69. The third kappa shape index (κ3) is 2.65. The van der Waals surface area contributed by atoms with Crippen LogP contribution in [0, 0.1) is 0 Å². The van der Waals surface area contributed by atoms with E-state index in [2.05, 4.69) is 15.3 Å². The quantitative estimate of drug-likeness (QED) is 0.719. The maximum absolute atomic E-state index is 8.66. The summed E-state index contributed by atoms with van der Waals surface area (Å²) >= 11 is 0. The molecule has 82 valence electrons. The van der Waals surface area contributed by atoms with Gasteiger partial charge in [0.2, 0.25) is 0 Å². The maximum Gasteiger partial charge on any atom is 0.129 e. The zero-order chi connectivity index (χ0) is 10.5. The summed E-state index contributed by atoms with van der Waals surface area (Å²) in [4.78, 5) is 8.44. The Bertz CT molecular complexity index is 312. The topological polar surface area (TPSA) is 58.0 Å². The zero-order valence-corrected chi connectivity index (χ0v) is 8.82. The molecule has 1 heterocycles. The average Bonchev–Trinajstić information content (AvgIpc) is 2.16. The summed E-state index contributed by atoms with van der Waals surface area (Å²) in [5, 5.41) is 11.8. The van der Waals surface area contributed by atoms with Gasteiger partial charge in [-0.2, -0.15) is 0 Å². The summed E-state index contributed by atoms with van der Waals surface area (Å²) in [5.74, 6) is 1.52. The van der Waals surface area contributed by atoms with Crippen LogP contribution in [0.5, 0.6) is 0 Å². The van der Waals surface area contributed by atoms with E-state index >= 15 is 0 Å². The molecule has 0 unspecified atom stereocenters. The molecule has 4 nitrogen and oxygen atoms in total. The fraction of sp³-hybridized carbons (Fsp3) is 0.636. The lowest BCUT2D eigenvalue weighted by atomic mass is 9.83. The predicted octanol–water partition coefficient (Wildman–Crippen LogP) is 1.54. The van der Waals surface area contributed by atoms with Gasteiger partial charge in [-0.3, -0.25) is 0 Å². The zero-order valence-electron chi connectivity index (χ0n) is 8.82. The first-order valence-electron chi connectivity index (χ1n) is 5.57. The molecule has 0 spiro atoms. The van der Waals surface area contributed by atoms with E-state index in [0.29, 0.717) is 5.92 Å². The van der Waals surface area contributed by atoms with E-state index in [1.807, 2.05) is 6.07 Å². The molecule has 0 bridgehead atoms. The van der Waals surface area contributed by atoms with Crippen molar-refractivity contribution in [1.29, 1.82) is 0 Å². The van der Waals surface area contributed by atoms with Crippen LogP contribution in [0.3, 0.4) is 0 Å². The van der Waals surface area contributed by atoms with E-state index in [0.717, 1.165) is 24.5 Å². The Morgan fingerprint density at radius 3 is 2.93 bits per heavy atom. The Balaban J connectivity index is 1.92. The lowest BCUT2D eigenvalue weighted by Gasteiger charge is -2.24. The minimum Gasteiger partial charge on any atom is -0.396 e. The number of aliphatic hydroxyl groups is 1. The molecule has 0 saturated heterocycles. The number of nitrogens with zero attached hydrogens (tertiary/aromatic N) is 2. The third-order valence-electron chi connectivity index (χ3n) is 2.85. The van der Waals surface area contributed by atoms with Gasteiger partial charge in [0.05, 0.1) is 0 Å². The molecule has 1 aromatic rings. The van der Waals surface area contributed by atoms with Gasteiger partial charge in [0, 0.05) is 30.8 Å². The normalized spacial score (nSPS) is 16.1. The number of nitrogens with one attached hydrogen (secondary N) is 1. The summed E-state index contributed by atoms with van der Waals surface area (Å²) in [6, 6.07) is 2.03. The van der Waals surface area contributed by atoms with Crippen molar-refractivity contribution in [3.8, 4) is 0 Å². The number of rotatable bonds is 5. The Labute approximate surface area is 89.8 Å². The molecule has 0 aliphatic heterocycles. The summed E-state index contributed by atoms with van der Waals surface area (Å²) in [7, 11) is 0. The fourth-order valence-corrected chi connectivity index (χ4v) is 1.69. The van der Waals surface area contributed by atoms with Crippen molar-refractivity contribution in [2.45, 2.75) is 31.6 Å². The first-order chi connectivity index (χ1) is 7.40. The smallest absolute Gasteiger partial charge is 0.129 e. The number of hydrogen-bond donors (Lipinski definition) is 2. The second kappa shape index (κ2) is 5.07. The maximum atomic E-state index is 8.66. The number of hydrogen-bond acceptors (Lipinski definition) is 4. The van der Waals surface area contributed by atoms with Crippen molar-refractivity contribution in [2.75, 3.05) is 18.5 Å². The minimum atomic E-state index is 0.216. The van der Waals surface area contributed by atoms with Crippen LogP contribution in [-0.2, 0) is 0 Å². The third-order valence-corrected chi connectivity index (χ3v) is 2.85. The van der Waals surface area contributed by atoms with Gasteiger partial charge in [0.1, 0.15) is 12.1 Å². The van der Waals surface area contributed by atoms with Gasteiger partial charge in [-0.15, -0.1) is 0 Å². The first kappa shape index (κ1) is 10.4. The van der Waals surface area contributed by atoms with Crippen LogP contribution >= 0.6 is 0 Å². The van der Waals surface area contributed by atoms with E-state index in [4.69, 9.17) is 5.11 Å². The molecule has 1 aliphatic rings. The molecule has 1 aromatic heterocycles. The molecule has 2 rings (SSSR count). The van der Waals surface area contributed by atoms with E-state index in [-0.39, 0.29) is 6.61 Å². The second-order valence-electron chi connectivity index (χ2n) is 3.96. The van der Waals surface area contributed by atoms with Crippen LogP contribution in [0.1, 0.15) is 37.3 Å². The van der Waals surface area contributed by atoms with Crippen LogP contribution in [-0.4, -0.2) is 28.2 Å². The lowest BCUT2D eigenvalue weighted by Crippen LogP contribution is -2.12. The molecule has 0 amide bonds. The molecule has 1 aliphatic carbocycles. The first-order valence-corrected chi connectivity index (χ1v) is 5.57. The van der Waals surface area contributed by atoms with Gasteiger partial charge in [0.15, 0.2) is 0 Å². The van der Waals surface area contributed by atoms with Crippen molar-refractivity contribution in [3.05, 3.63) is 18.1 Å². The number of anilines is 1. The highest BCUT2D eigenvalue weighted by Crippen LogP contribution is 2.35. The standard InChI is InChI=1S/C11H17N3O/c15-6-2-5-12-11-7-10(13-8-14-11)9-3-1-4-9/h7-9,15H,1-6H2,(H,12,13,14).